The molecule has 0 amide bonds. The number of nitrogens with zero attached hydrogens (tertiary/aromatic N) is 2. The summed E-state index contributed by atoms with van der Waals surface area (Å²) in [6.45, 7) is 20.7. The highest BCUT2D eigenvalue weighted by Crippen LogP contribution is 2.35. The van der Waals surface area contributed by atoms with Crippen molar-refractivity contribution < 1.29 is 14.4 Å². The molecule has 0 unspecified atom stereocenters. The fraction of sp³-hybridized carbons (Fsp3) is 0.209. The highest BCUT2D eigenvalue weighted by molar-refractivity contribution is 6.50. The van der Waals surface area contributed by atoms with Crippen molar-refractivity contribution in [3.63, 3.8) is 0 Å². The molecule has 0 spiro atoms. The predicted molar refractivity (Wildman–Crippen MR) is 211 cm³/mol. The van der Waals surface area contributed by atoms with E-state index in [9.17, 15) is 14.4 Å². The summed E-state index contributed by atoms with van der Waals surface area (Å²) in [5.41, 5.74) is 8.22. The van der Waals surface area contributed by atoms with E-state index in [0.717, 1.165) is 55.5 Å². The van der Waals surface area contributed by atoms with Crippen LogP contribution in [-0.2, 0) is 0 Å². The lowest BCUT2D eigenvalue weighted by atomic mass is 9.74. The zero-order valence-electron chi connectivity index (χ0n) is 29.8. The van der Waals surface area contributed by atoms with Gasteiger partial charge in [-0.1, -0.05) is 104 Å². The van der Waals surface area contributed by atoms with Crippen LogP contribution in [0.25, 0.3) is 33.1 Å². The van der Waals surface area contributed by atoms with Crippen LogP contribution in [0.4, 0.5) is 4.39 Å². The molecule has 0 atom stereocenters. The van der Waals surface area contributed by atoms with Crippen LogP contribution < -0.4 is 0 Å². The molecule has 6 heteroatoms. The van der Waals surface area contributed by atoms with Gasteiger partial charge in [0.05, 0.1) is 11.0 Å². The number of aromatic nitrogens is 1. The number of benzene rings is 3. The third-order valence-electron chi connectivity index (χ3n) is 7.73. The Kier molecular flexibility index (Phi) is 15.1. The summed E-state index contributed by atoms with van der Waals surface area (Å²) >= 11 is 0. The molecule has 1 aliphatic heterocycles. The van der Waals surface area contributed by atoms with Crippen molar-refractivity contribution in [2.24, 2.45) is 0 Å². The van der Waals surface area contributed by atoms with E-state index in [0.29, 0.717) is 18.3 Å². The first-order chi connectivity index (χ1) is 23.8. The highest BCUT2D eigenvalue weighted by atomic mass is 19.1. The molecule has 1 aromatic heterocycles. The molecule has 0 bridgehead atoms. The number of halogens is 1. The molecule has 0 saturated heterocycles. The normalized spacial score (nSPS) is 17.3. The second-order valence-electron chi connectivity index (χ2n) is 11.1. The average molecular weight is 657 g/mol. The Morgan fingerprint density at radius 1 is 0.755 bits per heavy atom. The fourth-order valence-corrected chi connectivity index (χ4v) is 5.42. The number of allylic oxidation sites excluding steroid dienone is 12. The van der Waals surface area contributed by atoms with Crippen LogP contribution in [-0.4, -0.2) is 26.6 Å². The van der Waals surface area contributed by atoms with Crippen LogP contribution >= 0.6 is 0 Å². The highest BCUT2D eigenvalue weighted by Gasteiger charge is 2.19. The van der Waals surface area contributed by atoms with Gasteiger partial charge in [-0.05, 0) is 107 Å². The Morgan fingerprint density at radius 3 is 2.08 bits per heavy atom. The summed E-state index contributed by atoms with van der Waals surface area (Å²) in [5, 5.41) is 21.3. The lowest BCUT2D eigenvalue weighted by molar-refractivity contribution is 0.415. The van der Waals surface area contributed by atoms with Crippen molar-refractivity contribution in [3.8, 4) is 5.69 Å². The lowest BCUT2D eigenvalue weighted by Crippen LogP contribution is -2.19. The van der Waals surface area contributed by atoms with Crippen molar-refractivity contribution in [1.29, 1.82) is 0 Å². The molecule has 254 valence electrons. The molecule has 49 heavy (non-hydrogen) atoms. The van der Waals surface area contributed by atoms with Crippen LogP contribution in [0.1, 0.15) is 66.4 Å². The van der Waals surface area contributed by atoms with E-state index in [-0.39, 0.29) is 5.82 Å². The summed E-state index contributed by atoms with van der Waals surface area (Å²) in [6.07, 6.45) is 20.1. The van der Waals surface area contributed by atoms with E-state index < -0.39 is 7.12 Å². The van der Waals surface area contributed by atoms with Gasteiger partial charge in [-0.3, -0.25) is 0 Å². The molecule has 0 fully saturated rings. The molecular weight excluding hydrogens is 606 g/mol. The van der Waals surface area contributed by atoms with Crippen LogP contribution in [0.2, 0.25) is 0 Å². The summed E-state index contributed by atoms with van der Waals surface area (Å²) in [4.78, 5) is 2.05. The van der Waals surface area contributed by atoms with E-state index in [1.54, 1.807) is 18.2 Å². The van der Waals surface area contributed by atoms with Crippen LogP contribution in [0.15, 0.2) is 157 Å². The zero-order chi connectivity index (χ0) is 35.9. The van der Waals surface area contributed by atoms with Crippen LogP contribution in [0.3, 0.4) is 0 Å². The molecule has 0 saturated carbocycles. The Bertz CT molecular complexity index is 1920. The van der Waals surface area contributed by atoms with Gasteiger partial charge >= 0.3 is 7.12 Å². The van der Waals surface area contributed by atoms with Gasteiger partial charge < -0.3 is 19.5 Å². The van der Waals surface area contributed by atoms with Gasteiger partial charge in [0.25, 0.3) is 0 Å². The Labute approximate surface area is 292 Å². The van der Waals surface area contributed by atoms with Crippen molar-refractivity contribution in [2.45, 2.75) is 60.8 Å². The first kappa shape index (κ1) is 38.5. The Hall–Kier alpha value is -4.91. The quantitative estimate of drug-likeness (QED) is 0.215. The number of hydrogen-bond acceptors (Lipinski definition) is 3. The monoisotopic (exact) mass is 656 g/mol. The number of para-hydroxylation sites is 1. The van der Waals surface area contributed by atoms with Crippen molar-refractivity contribution in [3.05, 3.63) is 169 Å². The summed E-state index contributed by atoms with van der Waals surface area (Å²) in [6, 6.07) is 21.2. The van der Waals surface area contributed by atoms with Gasteiger partial charge in [0.2, 0.25) is 0 Å². The second-order valence-corrected chi connectivity index (χ2v) is 11.1. The minimum atomic E-state index is -1.44. The Morgan fingerprint density at radius 2 is 1.43 bits per heavy atom. The molecule has 2 N–H and O–H groups in total. The molecule has 2 heterocycles. The van der Waals surface area contributed by atoms with Crippen molar-refractivity contribution >= 4 is 34.5 Å². The van der Waals surface area contributed by atoms with E-state index >= 15 is 0 Å². The second kappa shape index (κ2) is 19.2. The number of fused-ring (bicyclic) bond motifs is 3. The summed E-state index contributed by atoms with van der Waals surface area (Å²) in [7, 11) is -1.44. The molecular formula is C43H50BFN2O2. The van der Waals surface area contributed by atoms with E-state index in [1.165, 1.54) is 18.6 Å². The lowest BCUT2D eigenvalue weighted by Gasteiger charge is -2.23. The molecule has 4 nitrogen and oxygen atoms in total. The molecule has 6 rings (SSSR count). The maximum absolute atomic E-state index is 13.7. The zero-order valence-corrected chi connectivity index (χ0v) is 29.8. The largest absolute Gasteiger partial charge is 0.484 e. The maximum atomic E-state index is 13.7. The Balaban J connectivity index is 0.000000867. The number of hydrogen-bond donors (Lipinski definition) is 2. The topological polar surface area (TPSA) is 48.6 Å². The molecule has 4 aromatic rings. The van der Waals surface area contributed by atoms with E-state index in [1.807, 2.05) is 87.5 Å². The van der Waals surface area contributed by atoms with Gasteiger partial charge in [-0.25, -0.2) is 4.39 Å². The van der Waals surface area contributed by atoms with Gasteiger partial charge in [0, 0.05) is 34.6 Å². The van der Waals surface area contributed by atoms with Gasteiger partial charge in [-0.15, -0.1) is 0 Å². The van der Waals surface area contributed by atoms with E-state index in [4.69, 9.17) is 0 Å². The third kappa shape index (κ3) is 9.59. The first-order valence-electron chi connectivity index (χ1n) is 17.3. The van der Waals surface area contributed by atoms with Crippen LogP contribution in [0.5, 0.6) is 0 Å². The van der Waals surface area contributed by atoms with Crippen LogP contribution in [0, 0.1) is 5.82 Å². The third-order valence-corrected chi connectivity index (χ3v) is 7.73. The summed E-state index contributed by atoms with van der Waals surface area (Å²) < 4.78 is 15.9. The SMILES string of the molecule is C=C1/C=C\C=C/N(C2=CC=C(B(O)O)CC2)/C=C\C(c2ccc3c(c2)c2ccccc2n3-c2ccc(F)cc2)=C/C1=C.CC.CC.CCC. The number of rotatable bonds is 4. The first-order valence-corrected chi connectivity index (χ1v) is 17.3. The maximum Gasteiger partial charge on any atom is 0.484 e. The molecule has 1 aliphatic carbocycles. The van der Waals surface area contributed by atoms with Gasteiger partial charge in [0.1, 0.15) is 5.82 Å². The average Bonchev–Trinajstić information content (AvgIpc) is 3.45. The van der Waals surface area contributed by atoms with Gasteiger partial charge in [-0.2, -0.15) is 0 Å². The standard InChI is InChI=1S/C36H30BFN2O2.C3H8.2C2H6/c1-25-7-5-6-21-39(31-15-11-29(12-16-31)37(41)42)22-20-28(23-26(25)2)27-10-19-36-34(24-27)33-8-3-4-9-35(33)40(36)32-17-13-30(38)14-18-32;1-3-2;2*1-2/h3-11,13-15,17-24,41-42H,1-2,12,16H2;3H2,1-2H3;2*1-2H3/b7-5-,21-6-,22-20-,28-23+;;;. The van der Waals surface area contributed by atoms with Crippen molar-refractivity contribution in [1.82, 2.24) is 9.47 Å². The summed E-state index contributed by atoms with van der Waals surface area (Å²) in [5.74, 6) is -0.265. The van der Waals surface area contributed by atoms with Gasteiger partial charge in [0.15, 0.2) is 0 Å². The smallest absolute Gasteiger partial charge is 0.423 e. The minimum absolute atomic E-state index is 0.265. The fourth-order valence-electron chi connectivity index (χ4n) is 5.42. The molecule has 3 aromatic carbocycles. The van der Waals surface area contributed by atoms with Crippen molar-refractivity contribution in [2.75, 3.05) is 0 Å². The molecule has 2 aliphatic rings. The van der Waals surface area contributed by atoms with E-state index in [2.05, 4.69) is 68.0 Å². The minimum Gasteiger partial charge on any atom is -0.423 e. The molecule has 0 radical (unpaired) electrons. The predicted octanol–water partition coefficient (Wildman–Crippen LogP) is 11.4.